The van der Waals surface area contributed by atoms with Crippen LogP contribution in [0.25, 0.3) is 0 Å². The van der Waals surface area contributed by atoms with Gasteiger partial charge in [0, 0.05) is 60.9 Å². The highest BCUT2D eigenvalue weighted by atomic mass is 16.6. The van der Waals surface area contributed by atoms with Crippen molar-refractivity contribution in [2.24, 2.45) is 0 Å². The van der Waals surface area contributed by atoms with E-state index in [9.17, 15) is 71.9 Å². The van der Waals surface area contributed by atoms with Crippen LogP contribution in [-0.4, -0.2) is 203 Å². The average Bonchev–Trinajstić information content (AvgIpc) is 3.44. The van der Waals surface area contributed by atoms with Crippen LogP contribution in [0.2, 0.25) is 0 Å². The Labute approximate surface area is 482 Å². The molecule has 0 aromatic rings. The summed E-state index contributed by atoms with van der Waals surface area (Å²) in [4.78, 5) is 152. The van der Waals surface area contributed by atoms with Gasteiger partial charge in [-0.15, -0.1) is 0 Å². The van der Waals surface area contributed by atoms with Crippen molar-refractivity contribution in [1.82, 2.24) is 0 Å². The number of rotatable bonds is 36. The number of hydrogen-bond donors (Lipinski definition) is 8. The third kappa shape index (κ3) is 104. The van der Waals surface area contributed by atoms with E-state index in [-0.39, 0.29) is 91.6 Å². The summed E-state index contributed by atoms with van der Waals surface area (Å²) in [6.45, 7) is 26.1. The Morgan fingerprint density at radius 3 is 1.04 bits per heavy atom. The highest BCUT2D eigenvalue weighted by Crippen LogP contribution is 2.00. The van der Waals surface area contributed by atoms with E-state index in [2.05, 4.69) is 90.5 Å². The minimum Gasteiger partial charge on any atom is -0.481 e. The van der Waals surface area contributed by atoms with E-state index in [1.165, 1.54) is 0 Å². The summed E-state index contributed by atoms with van der Waals surface area (Å²) in [5.41, 5.74) is 0.350. The van der Waals surface area contributed by atoms with Crippen LogP contribution in [0, 0.1) is 0 Å². The summed E-state index contributed by atoms with van der Waals surface area (Å²) in [5.74, 6) is -11.4. The summed E-state index contributed by atoms with van der Waals surface area (Å²) in [6.07, 6.45) is 8.89. The Bertz CT molecular complexity index is 2100. The van der Waals surface area contributed by atoms with E-state index in [0.29, 0.717) is 31.4 Å². The maximum atomic E-state index is 10.8. The highest BCUT2D eigenvalue weighted by Gasteiger charge is 2.07. The average molecular weight is 1210 g/mol. The van der Waals surface area contributed by atoms with Gasteiger partial charge in [0.1, 0.15) is 39.6 Å². The van der Waals surface area contributed by atoms with Crippen LogP contribution >= 0.6 is 0 Å². The van der Waals surface area contributed by atoms with Crippen molar-refractivity contribution in [3.63, 3.8) is 0 Å². The van der Waals surface area contributed by atoms with Crippen molar-refractivity contribution in [3.8, 4) is 0 Å². The number of carbonyl (C=O) groups excluding carboxylic acids is 8. The largest absolute Gasteiger partial charge is 0.481 e. The van der Waals surface area contributed by atoms with E-state index in [1.54, 1.807) is 6.92 Å². The number of aliphatic hydroxyl groups is 1. The van der Waals surface area contributed by atoms with Crippen molar-refractivity contribution < 1.29 is 155 Å². The van der Waals surface area contributed by atoms with Gasteiger partial charge in [0.15, 0.2) is 6.61 Å². The molecule has 0 aromatic heterocycles. The molecule has 0 atom stereocenters. The van der Waals surface area contributed by atoms with E-state index in [4.69, 9.17) is 45.6 Å². The Morgan fingerprint density at radius 1 is 0.333 bits per heavy atom. The molecule has 0 aliphatic heterocycles. The standard InChI is InChI=1S/C9H12O6.C9H14O4.C7H10O5.C7H10O4.C6H8O4.C6H10O3.C5H6O4.C3H4O2/c1-2-8(12)14-5-6-15-9(13)4-3-7(10)11;1-2-9(12)13-7-5-3-4-6-8(10)11;1-2-7(10)12-4-3-11-5-6(8)9;1-2-7(10)11-5-3-4-6(8)9;1-2-6(9)10-4-3-5(7)8;1-5(2)6(8)9-4-3-7;1-2-5(8)9-3-4(6)7;1-2-3(4)5/h2H,1,3-6H2,(H,10,11);2H,1,3-7H2,(H,10,11);2H,1,3-5H2,(H,8,9);2H,1,3-5H2,(H,8,9);2H,1,3-4H2,(H,7,8);7H,1,3-4H2,2H3;2H,1,3H2,(H,6,7);2H,1H2,(H,4,5). The fourth-order valence-electron chi connectivity index (χ4n) is 3.05. The lowest BCUT2D eigenvalue weighted by atomic mass is 10.2. The van der Waals surface area contributed by atoms with Crippen molar-refractivity contribution in [3.05, 3.63) is 101 Å². The van der Waals surface area contributed by atoms with E-state index in [1.807, 2.05) is 0 Å². The Kier molecular flexibility index (Phi) is 74.3. The Morgan fingerprint density at radius 2 is 0.679 bits per heavy atom. The number of aliphatic carboxylic acids is 7. The van der Waals surface area contributed by atoms with Gasteiger partial charge in [0.2, 0.25) is 0 Å². The summed E-state index contributed by atoms with van der Waals surface area (Å²) in [5, 5.41) is 64.7. The first kappa shape index (κ1) is 90.4. The Balaban J connectivity index is -0.000000133. The van der Waals surface area contributed by atoms with Crippen LogP contribution in [0.15, 0.2) is 101 Å². The van der Waals surface area contributed by atoms with Crippen molar-refractivity contribution in [2.75, 3.05) is 72.7 Å². The van der Waals surface area contributed by atoms with Crippen molar-refractivity contribution in [1.29, 1.82) is 0 Å². The lowest BCUT2D eigenvalue weighted by molar-refractivity contribution is -0.151. The molecule has 0 aromatic carbocycles. The molecule has 0 heterocycles. The third-order valence-electron chi connectivity index (χ3n) is 6.64. The molecule has 0 rings (SSSR count). The van der Waals surface area contributed by atoms with Gasteiger partial charge in [-0.1, -0.05) is 52.6 Å². The normalized spacial score (nSPS) is 8.64. The molecule has 474 valence electrons. The number of aliphatic hydroxyl groups excluding tert-OH is 1. The first-order valence-corrected chi connectivity index (χ1v) is 23.4. The molecule has 0 saturated heterocycles. The van der Waals surface area contributed by atoms with Gasteiger partial charge in [0.05, 0.1) is 45.7 Å². The predicted molar refractivity (Wildman–Crippen MR) is 287 cm³/mol. The zero-order chi connectivity index (χ0) is 66.7. The van der Waals surface area contributed by atoms with Crippen LogP contribution in [-0.2, 0) is 115 Å². The van der Waals surface area contributed by atoms with Crippen LogP contribution in [0.1, 0.15) is 64.7 Å². The number of carboxylic acids is 7. The minimum atomic E-state index is -1.18. The monoisotopic (exact) mass is 1210 g/mol. The minimum absolute atomic E-state index is 0.0183. The second-order valence-corrected chi connectivity index (χ2v) is 13.7. The van der Waals surface area contributed by atoms with Crippen molar-refractivity contribution >= 4 is 89.5 Å². The molecule has 0 bridgehead atoms. The van der Waals surface area contributed by atoms with Gasteiger partial charge >= 0.3 is 89.5 Å². The summed E-state index contributed by atoms with van der Waals surface area (Å²) >= 11 is 0. The fourth-order valence-corrected chi connectivity index (χ4v) is 3.05. The lowest BCUT2D eigenvalue weighted by Crippen LogP contribution is -2.13. The molecular weight excluding hydrogens is 1140 g/mol. The maximum absolute atomic E-state index is 10.8. The third-order valence-corrected chi connectivity index (χ3v) is 6.64. The van der Waals surface area contributed by atoms with Crippen LogP contribution in [0.4, 0.5) is 0 Å². The molecule has 32 heteroatoms. The number of hydrogen-bond acceptors (Lipinski definition) is 25. The summed E-state index contributed by atoms with van der Waals surface area (Å²) < 4.78 is 40.3. The maximum Gasteiger partial charge on any atom is 0.341 e. The molecule has 0 fully saturated rings. The molecule has 0 radical (unpaired) electrons. The lowest BCUT2D eigenvalue weighted by Gasteiger charge is -2.03. The van der Waals surface area contributed by atoms with Gasteiger partial charge in [-0.2, -0.15) is 0 Å². The number of unbranched alkanes of at least 4 members (excludes halogenated alkanes) is 2. The zero-order valence-electron chi connectivity index (χ0n) is 46.2. The van der Waals surface area contributed by atoms with Gasteiger partial charge in [-0.05, 0) is 32.6 Å². The van der Waals surface area contributed by atoms with Gasteiger partial charge in [0.25, 0.3) is 0 Å². The molecule has 0 aliphatic carbocycles. The first-order chi connectivity index (χ1) is 39.3. The van der Waals surface area contributed by atoms with E-state index in [0.717, 1.165) is 49.0 Å². The molecule has 0 unspecified atom stereocenters. The SMILES string of the molecule is C=C(C)C(=O)OCCO.C=CC(=O)O.C=CC(=O)OCC(=O)O.C=CC(=O)OCCC(=O)O.C=CC(=O)OCCCC(=O)O.C=CC(=O)OCCCCCC(=O)O.C=CC(=O)OCCOC(=O)CCC(=O)O.C=CC(=O)OCCOCC(=O)O. The van der Waals surface area contributed by atoms with Gasteiger partial charge < -0.3 is 83.5 Å². The van der Waals surface area contributed by atoms with Crippen molar-refractivity contribution in [2.45, 2.75) is 64.7 Å². The van der Waals surface area contributed by atoms with Crippen LogP contribution in [0.3, 0.4) is 0 Å². The number of carboxylic acid groups (broad SMARTS) is 7. The number of ether oxygens (including phenoxy) is 9. The number of carbonyl (C=O) groups is 15. The smallest absolute Gasteiger partial charge is 0.341 e. The highest BCUT2D eigenvalue weighted by molar-refractivity contribution is 5.87. The summed E-state index contributed by atoms with van der Waals surface area (Å²) in [7, 11) is 0. The second-order valence-electron chi connectivity index (χ2n) is 13.7. The quantitative estimate of drug-likeness (QED) is 0.0193. The molecular formula is C52H74O32. The van der Waals surface area contributed by atoms with Gasteiger partial charge in [-0.3, -0.25) is 24.0 Å². The summed E-state index contributed by atoms with van der Waals surface area (Å²) in [6, 6.07) is 0. The van der Waals surface area contributed by atoms with Crippen LogP contribution < -0.4 is 0 Å². The molecule has 84 heavy (non-hydrogen) atoms. The van der Waals surface area contributed by atoms with E-state index < -0.39 is 96.1 Å². The molecule has 0 aliphatic rings. The molecule has 8 N–H and O–H groups in total. The molecule has 32 nitrogen and oxygen atoms in total. The number of esters is 8. The predicted octanol–water partition coefficient (Wildman–Crippen LogP) is 2.23. The molecule has 0 saturated carbocycles. The second kappa shape index (κ2) is 69.0. The topological polar surface area (TPSA) is 501 Å². The van der Waals surface area contributed by atoms with E-state index >= 15 is 0 Å². The Hall–Kier alpha value is -10.1. The first-order valence-electron chi connectivity index (χ1n) is 23.4. The fraction of sp³-hybridized carbons (Fsp3) is 0.404. The zero-order valence-corrected chi connectivity index (χ0v) is 46.2. The van der Waals surface area contributed by atoms with Crippen LogP contribution in [0.5, 0.6) is 0 Å². The van der Waals surface area contributed by atoms with Gasteiger partial charge in [-0.25, -0.2) is 47.9 Å². The molecule has 0 amide bonds. The molecule has 0 spiro atoms.